The van der Waals surface area contributed by atoms with Crippen LogP contribution in [-0.2, 0) is 9.53 Å². The van der Waals surface area contributed by atoms with E-state index < -0.39 is 0 Å². The minimum Gasteiger partial charge on any atom is -0.383 e. The van der Waals surface area contributed by atoms with Crippen LogP contribution in [0.3, 0.4) is 0 Å². The molecule has 1 N–H and O–H groups in total. The highest BCUT2D eigenvalue weighted by Gasteiger charge is 2.35. The number of hydrogen-bond donors (Lipinski definition) is 1. The molecule has 102 valence electrons. The van der Waals surface area contributed by atoms with Crippen LogP contribution in [0, 0.1) is 16.7 Å². The Kier molecular flexibility index (Phi) is 6.17. The topological polar surface area (TPSA) is 38.3 Å². The van der Waals surface area contributed by atoms with E-state index in [-0.39, 0.29) is 16.7 Å². The summed E-state index contributed by atoms with van der Waals surface area (Å²) in [5.74, 6) is 0.678. The van der Waals surface area contributed by atoms with Gasteiger partial charge in [-0.2, -0.15) is 0 Å². The van der Waals surface area contributed by atoms with Crippen molar-refractivity contribution >= 4 is 5.91 Å². The second-order valence-corrected chi connectivity index (χ2v) is 6.45. The van der Waals surface area contributed by atoms with Gasteiger partial charge in [-0.25, -0.2) is 0 Å². The van der Waals surface area contributed by atoms with Crippen molar-refractivity contribution in [2.24, 2.45) is 16.7 Å². The van der Waals surface area contributed by atoms with Gasteiger partial charge in [-0.15, -0.1) is 0 Å². The Morgan fingerprint density at radius 2 is 1.76 bits per heavy atom. The number of carbonyl (C=O) groups excluding carboxylic acids is 1. The molecule has 0 bridgehead atoms. The van der Waals surface area contributed by atoms with Crippen LogP contribution in [-0.4, -0.2) is 26.2 Å². The second kappa shape index (κ2) is 6.39. The number of ether oxygens (including phenoxy) is 1. The summed E-state index contributed by atoms with van der Waals surface area (Å²) in [6.45, 7) is 14.0. The Balaban J connectivity index is 4.41. The molecule has 0 heterocycles. The maximum atomic E-state index is 12.1. The predicted octanol–water partition coefficient (Wildman–Crippen LogP) is 2.85. The Hall–Kier alpha value is -0.570. The number of amides is 1. The zero-order chi connectivity index (χ0) is 13.7. The number of methoxy groups -OCH3 is 1. The molecule has 0 aliphatic rings. The molecule has 1 amide bonds. The molecule has 0 unspecified atom stereocenters. The first kappa shape index (κ1) is 16.4. The van der Waals surface area contributed by atoms with E-state index in [2.05, 4.69) is 33.0 Å². The fourth-order valence-electron chi connectivity index (χ4n) is 1.93. The van der Waals surface area contributed by atoms with Gasteiger partial charge in [0.15, 0.2) is 0 Å². The molecule has 0 aromatic heterocycles. The number of nitrogens with one attached hydrogen (secondary N) is 1. The molecule has 3 nitrogen and oxygen atoms in total. The van der Waals surface area contributed by atoms with Gasteiger partial charge in [0.25, 0.3) is 0 Å². The minimum atomic E-state index is -0.332. The molecular formula is C14H29NO2. The average molecular weight is 243 g/mol. The zero-order valence-corrected chi connectivity index (χ0v) is 12.5. The highest BCUT2D eigenvalue weighted by molar-refractivity contribution is 5.81. The molecular weight excluding hydrogens is 214 g/mol. The van der Waals surface area contributed by atoms with Crippen LogP contribution in [0.4, 0.5) is 0 Å². The van der Waals surface area contributed by atoms with Crippen molar-refractivity contribution in [3.8, 4) is 0 Å². The van der Waals surface area contributed by atoms with Crippen LogP contribution < -0.4 is 5.32 Å². The Bertz CT molecular complexity index is 245. The third-order valence-corrected chi connectivity index (χ3v) is 3.67. The van der Waals surface area contributed by atoms with Gasteiger partial charge < -0.3 is 10.1 Å². The molecule has 0 aliphatic carbocycles. The van der Waals surface area contributed by atoms with E-state index in [0.29, 0.717) is 19.1 Å². The van der Waals surface area contributed by atoms with Crippen LogP contribution >= 0.6 is 0 Å². The molecule has 0 aromatic carbocycles. The molecule has 0 radical (unpaired) electrons. The van der Waals surface area contributed by atoms with Crippen molar-refractivity contribution in [3.63, 3.8) is 0 Å². The summed E-state index contributed by atoms with van der Waals surface area (Å²) < 4.78 is 4.93. The fourth-order valence-corrected chi connectivity index (χ4v) is 1.93. The summed E-state index contributed by atoms with van der Waals surface area (Å²) in [6.07, 6.45) is 0.885. The van der Waals surface area contributed by atoms with E-state index >= 15 is 0 Å². The SMILES string of the molecule is COCCNC(=O)C(C)(C)CC(C)(C)C(C)C. The first-order valence-electron chi connectivity index (χ1n) is 6.41. The Labute approximate surface area is 106 Å². The van der Waals surface area contributed by atoms with Gasteiger partial charge in [0.05, 0.1) is 6.61 Å². The third kappa shape index (κ3) is 5.53. The van der Waals surface area contributed by atoms with Crippen molar-refractivity contribution < 1.29 is 9.53 Å². The molecule has 0 spiro atoms. The minimum absolute atomic E-state index is 0.114. The molecule has 3 heteroatoms. The van der Waals surface area contributed by atoms with Crippen molar-refractivity contribution in [1.82, 2.24) is 5.32 Å². The van der Waals surface area contributed by atoms with E-state index in [4.69, 9.17) is 4.74 Å². The fraction of sp³-hybridized carbons (Fsp3) is 0.929. The molecule has 0 aromatic rings. The number of hydrogen-bond acceptors (Lipinski definition) is 2. The smallest absolute Gasteiger partial charge is 0.225 e. The average Bonchev–Trinajstić information content (AvgIpc) is 2.16. The summed E-state index contributed by atoms with van der Waals surface area (Å²) in [4.78, 5) is 12.1. The first-order chi connectivity index (χ1) is 7.63. The van der Waals surface area contributed by atoms with E-state index in [9.17, 15) is 4.79 Å². The maximum absolute atomic E-state index is 12.1. The lowest BCUT2D eigenvalue weighted by Gasteiger charge is -2.37. The van der Waals surface area contributed by atoms with Gasteiger partial charge in [-0.3, -0.25) is 4.79 Å². The quantitative estimate of drug-likeness (QED) is 0.698. The summed E-state index contributed by atoms with van der Waals surface area (Å²) in [5, 5.41) is 2.92. The third-order valence-electron chi connectivity index (χ3n) is 3.67. The van der Waals surface area contributed by atoms with Crippen molar-refractivity contribution in [3.05, 3.63) is 0 Å². The van der Waals surface area contributed by atoms with E-state index in [1.54, 1.807) is 7.11 Å². The molecule has 0 saturated heterocycles. The van der Waals surface area contributed by atoms with Gasteiger partial charge in [-0.1, -0.05) is 41.5 Å². The molecule has 0 aliphatic heterocycles. The molecule has 0 rings (SSSR count). The lowest BCUT2D eigenvalue weighted by molar-refractivity contribution is -0.131. The first-order valence-corrected chi connectivity index (χ1v) is 6.41. The predicted molar refractivity (Wildman–Crippen MR) is 71.9 cm³/mol. The molecule has 0 fully saturated rings. The maximum Gasteiger partial charge on any atom is 0.225 e. The van der Waals surface area contributed by atoms with Gasteiger partial charge in [0.1, 0.15) is 0 Å². The number of carbonyl (C=O) groups is 1. The Morgan fingerprint density at radius 3 is 2.18 bits per heavy atom. The van der Waals surface area contributed by atoms with Crippen LogP contribution in [0.15, 0.2) is 0 Å². The number of rotatable bonds is 7. The van der Waals surface area contributed by atoms with Crippen LogP contribution in [0.5, 0.6) is 0 Å². The van der Waals surface area contributed by atoms with Gasteiger partial charge in [-0.05, 0) is 17.8 Å². The van der Waals surface area contributed by atoms with Crippen LogP contribution in [0.1, 0.15) is 48.0 Å². The normalized spacial score (nSPS) is 12.9. The van der Waals surface area contributed by atoms with Crippen molar-refractivity contribution in [1.29, 1.82) is 0 Å². The summed E-state index contributed by atoms with van der Waals surface area (Å²) in [6, 6.07) is 0. The standard InChI is InChI=1S/C14H29NO2/c1-11(2)13(3,4)10-14(5,6)12(16)15-8-9-17-7/h11H,8-10H2,1-7H3,(H,15,16). The van der Waals surface area contributed by atoms with Crippen molar-refractivity contribution in [2.45, 2.75) is 48.0 Å². The van der Waals surface area contributed by atoms with E-state index in [1.165, 1.54) is 0 Å². The lowest BCUT2D eigenvalue weighted by Crippen LogP contribution is -2.41. The van der Waals surface area contributed by atoms with E-state index in [0.717, 1.165) is 6.42 Å². The molecule has 0 atom stereocenters. The van der Waals surface area contributed by atoms with Crippen LogP contribution in [0.2, 0.25) is 0 Å². The highest BCUT2D eigenvalue weighted by atomic mass is 16.5. The zero-order valence-electron chi connectivity index (χ0n) is 12.5. The lowest BCUT2D eigenvalue weighted by atomic mass is 9.69. The van der Waals surface area contributed by atoms with Crippen molar-refractivity contribution in [2.75, 3.05) is 20.3 Å². The largest absolute Gasteiger partial charge is 0.383 e. The van der Waals surface area contributed by atoms with Gasteiger partial charge in [0.2, 0.25) is 5.91 Å². The highest BCUT2D eigenvalue weighted by Crippen LogP contribution is 2.39. The van der Waals surface area contributed by atoms with Gasteiger partial charge >= 0.3 is 0 Å². The summed E-state index contributed by atoms with van der Waals surface area (Å²) in [7, 11) is 1.64. The second-order valence-electron chi connectivity index (χ2n) is 6.45. The van der Waals surface area contributed by atoms with Crippen LogP contribution in [0.25, 0.3) is 0 Å². The van der Waals surface area contributed by atoms with Gasteiger partial charge in [0, 0.05) is 19.1 Å². The summed E-state index contributed by atoms with van der Waals surface area (Å²) >= 11 is 0. The molecule has 17 heavy (non-hydrogen) atoms. The monoisotopic (exact) mass is 243 g/mol. The molecule has 0 saturated carbocycles. The summed E-state index contributed by atoms with van der Waals surface area (Å²) in [5.41, 5.74) is -0.163. The van der Waals surface area contributed by atoms with E-state index in [1.807, 2.05) is 13.8 Å². The Morgan fingerprint density at radius 1 is 1.24 bits per heavy atom.